The molecule has 0 unspecified atom stereocenters. The standard InChI is InChI=1S/C28H21NO5.C20H17ClO2.C20H18O3.C20H16O3.C18H14N2O3.C8H5NO3.CH4/c1-15(30)18-12-21(16(2)31)24-22(25(29-23(24)13-18)17-8-4-3-5-9-17)14-34-28-26(32)19-10-6-7-11-20(19)27(28)33;3*1-12(22)15-8-16-10-18(14-6-4-3-5-7-14)19(11-21)20(16)17(9-15)13(2)23;1-10(21)12-7-13-16-14(9-23-20-18(13)22)17(19-15(16)8-12)11-5-3-2-4-6-11;10-7-5-3-1-2-4-6(5)8(11)9(7)12;/h3-13,28-29H,14H2,1-2H3;3-9H,10-11H2,1-2H3;3-9,21H,10-11H2,1-2H3;3-9,11H,10H2,1-2H3;2-8,19H,9H2,1H3,(H,20,22);1-4,12H;1H4. The van der Waals surface area contributed by atoms with Gasteiger partial charge in [0.15, 0.2) is 76.0 Å². The van der Waals surface area contributed by atoms with Crippen LogP contribution in [0.5, 0.6) is 0 Å². The van der Waals surface area contributed by atoms with Gasteiger partial charge < -0.3 is 19.8 Å². The van der Waals surface area contributed by atoms with Crippen LogP contribution in [-0.2, 0) is 46.8 Å². The lowest BCUT2D eigenvalue weighted by molar-refractivity contribution is -0.103. The first-order valence-electron chi connectivity index (χ1n) is 44.2. The topological polar surface area (TPSA) is 362 Å². The van der Waals surface area contributed by atoms with Crippen molar-refractivity contribution in [1.29, 1.82) is 0 Å². The van der Waals surface area contributed by atoms with Crippen LogP contribution in [0.25, 0.3) is 77.8 Å². The molecule has 12 aromatic carbocycles. The fraction of sp³-hybridized carbons (Fsp3) is 0.157. The van der Waals surface area contributed by atoms with Crippen LogP contribution in [-0.4, -0.2) is 132 Å². The van der Waals surface area contributed by atoms with Gasteiger partial charge in [0, 0.05) is 106 Å². The van der Waals surface area contributed by atoms with E-state index in [0.717, 1.165) is 112 Å². The molecule has 139 heavy (non-hydrogen) atoms. The summed E-state index contributed by atoms with van der Waals surface area (Å²) in [6, 6.07) is 79.0. The van der Waals surface area contributed by atoms with Crippen LogP contribution < -0.4 is 5.48 Å². The van der Waals surface area contributed by atoms with Gasteiger partial charge in [-0.15, -0.1) is 16.7 Å². The Morgan fingerprint density at radius 3 is 1.17 bits per heavy atom. The highest BCUT2D eigenvalue weighted by Gasteiger charge is 2.41. The summed E-state index contributed by atoms with van der Waals surface area (Å²) in [5.74, 6) is -2.94. The predicted molar refractivity (Wildman–Crippen MR) is 533 cm³/mol. The largest absolute Gasteiger partial charge is 0.392 e. The highest BCUT2D eigenvalue weighted by atomic mass is 35.5. The molecule has 6 aliphatic rings. The molecule has 0 atom stereocenters. The number of hydrogen-bond donors (Lipinski definition) is 5. The summed E-state index contributed by atoms with van der Waals surface area (Å²) in [5, 5.41) is 20.4. The molecule has 2 aliphatic heterocycles. The molecule has 696 valence electrons. The number of aliphatic hydroxyl groups excluding tert-OH is 1. The van der Waals surface area contributed by atoms with Crippen molar-refractivity contribution in [1.82, 2.24) is 20.5 Å². The smallest absolute Gasteiger partial charge is 0.285 e. The summed E-state index contributed by atoms with van der Waals surface area (Å²) < 4.78 is 5.94. The molecule has 2 aromatic heterocycles. The number of amides is 3. The van der Waals surface area contributed by atoms with Crippen LogP contribution >= 0.6 is 11.6 Å². The van der Waals surface area contributed by atoms with Crippen LogP contribution in [0.1, 0.15) is 276 Å². The monoisotopic (exact) mass is 1870 g/mol. The lowest BCUT2D eigenvalue weighted by Crippen LogP contribution is -2.25. The zero-order chi connectivity index (χ0) is 98.4. The van der Waals surface area contributed by atoms with Gasteiger partial charge in [0.25, 0.3) is 17.7 Å². The minimum Gasteiger partial charge on any atom is -0.392 e. The molecule has 0 radical (unpaired) electrons. The van der Waals surface area contributed by atoms with Gasteiger partial charge in [0.2, 0.25) is 0 Å². The number of aromatic nitrogens is 2. The zero-order valence-corrected chi connectivity index (χ0v) is 77.3. The van der Waals surface area contributed by atoms with Crippen molar-refractivity contribution in [2.75, 3.05) is 12.5 Å². The van der Waals surface area contributed by atoms with Crippen LogP contribution in [0.3, 0.4) is 0 Å². The number of aromatic amines is 2. The summed E-state index contributed by atoms with van der Waals surface area (Å²) >= 11 is 6.22. The number of H-pyrrole nitrogens is 2. The Balaban J connectivity index is 0.000000135. The Kier molecular flexibility index (Phi) is 30.1. The second-order valence-electron chi connectivity index (χ2n) is 33.8. The fourth-order valence-corrected chi connectivity index (χ4v) is 18.5. The third-order valence-corrected chi connectivity index (χ3v) is 25.1. The van der Waals surface area contributed by atoms with Gasteiger partial charge in [0.1, 0.15) is 6.61 Å². The first kappa shape index (κ1) is 98.7. The number of nitrogens with one attached hydrogen (secondary N) is 3. The molecule has 5 N–H and O–H groups in total. The number of aldehydes is 1. The minimum absolute atomic E-state index is 0. The van der Waals surface area contributed by atoms with Gasteiger partial charge in [-0.1, -0.05) is 195 Å². The number of carbonyl (C=O) groups excluding carboxylic acids is 15. The third kappa shape index (κ3) is 20.1. The molecular formula is C115H95ClN4O19. The molecule has 3 amide bonds. The van der Waals surface area contributed by atoms with E-state index in [2.05, 4.69) is 15.4 Å². The number of halogens is 1. The number of carbonyl (C=O) groups is 15. The Hall–Kier alpha value is -16.3. The van der Waals surface area contributed by atoms with Gasteiger partial charge in [-0.05, 0) is 243 Å². The zero-order valence-electron chi connectivity index (χ0n) is 76.6. The van der Waals surface area contributed by atoms with Gasteiger partial charge in [-0.25, -0.2) is 5.48 Å². The number of Topliss-reactive ketones (excluding diaryl/α,β-unsaturated/α-hetero) is 11. The van der Waals surface area contributed by atoms with Crippen molar-refractivity contribution < 1.29 is 91.8 Å². The summed E-state index contributed by atoms with van der Waals surface area (Å²) in [6.07, 6.45) is 1.45. The van der Waals surface area contributed by atoms with E-state index in [1.54, 1.807) is 84.9 Å². The number of allylic oxidation sites excluding steroid dienone is 5. The molecule has 20 rings (SSSR count). The molecule has 0 spiro atoms. The Morgan fingerprint density at radius 1 is 0.403 bits per heavy atom. The van der Waals surface area contributed by atoms with Gasteiger partial charge in [-0.2, -0.15) is 0 Å². The van der Waals surface area contributed by atoms with Gasteiger partial charge in [0.05, 0.1) is 41.3 Å². The van der Waals surface area contributed by atoms with Crippen molar-refractivity contribution in [2.24, 2.45) is 0 Å². The van der Waals surface area contributed by atoms with Crippen molar-refractivity contribution in [3.05, 3.63) is 400 Å². The lowest BCUT2D eigenvalue weighted by Gasteiger charge is -2.12. The highest BCUT2D eigenvalue weighted by molar-refractivity contribution is 6.30. The van der Waals surface area contributed by atoms with Crippen molar-refractivity contribution >= 4 is 154 Å². The predicted octanol–water partition coefficient (Wildman–Crippen LogP) is 21.8. The fourth-order valence-electron chi connectivity index (χ4n) is 18.2. The van der Waals surface area contributed by atoms with E-state index in [-0.39, 0.29) is 113 Å². The van der Waals surface area contributed by atoms with E-state index < -0.39 is 17.9 Å². The number of nitrogens with zero attached hydrogens (tertiary/aromatic N) is 1. The number of aliphatic hydroxyl groups is 1. The van der Waals surface area contributed by atoms with Gasteiger partial charge >= 0.3 is 0 Å². The van der Waals surface area contributed by atoms with E-state index in [1.807, 2.05) is 164 Å². The average molecular weight is 1870 g/mol. The number of benzene rings is 12. The summed E-state index contributed by atoms with van der Waals surface area (Å²) in [4.78, 5) is 192. The molecule has 14 aromatic rings. The van der Waals surface area contributed by atoms with E-state index in [1.165, 1.54) is 74.4 Å². The third-order valence-electron chi connectivity index (χ3n) is 24.9. The second kappa shape index (κ2) is 42.3. The number of alkyl halides is 1. The summed E-state index contributed by atoms with van der Waals surface area (Å²) in [6.45, 7) is 13.4. The maximum Gasteiger partial charge on any atom is 0.285 e. The molecule has 0 bridgehead atoms. The van der Waals surface area contributed by atoms with Crippen LogP contribution in [0.15, 0.2) is 261 Å². The number of rotatable bonds is 20. The van der Waals surface area contributed by atoms with E-state index in [4.69, 9.17) is 26.4 Å². The normalized spacial score (nSPS) is 13.4. The van der Waals surface area contributed by atoms with Crippen LogP contribution in [0.4, 0.5) is 0 Å². The Labute approximate surface area is 805 Å². The molecular weight excluding hydrogens is 1780 g/mol. The van der Waals surface area contributed by atoms with E-state index in [0.29, 0.717) is 125 Å². The van der Waals surface area contributed by atoms with E-state index >= 15 is 0 Å². The first-order chi connectivity index (χ1) is 66.3. The summed E-state index contributed by atoms with van der Waals surface area (Å²) in [5.41, 5.74) is 28.7. The van der Waals surface area contributed by atoms with Crippen molar-refractivity contribution in [2.45, 2.75) is 108 Å². The molecule has 4 heterocycles. The average Bonchev–Trinajstić information content (AvgIpc) is 1.62. The van der Waals surface area contributed by atoms with Crippen LogP contribution in [0, 0.1) is 0 Å². The number of hydrogen-bond acceptors (Lipinski definition) is 19. The highest BCUT2D eigenvalue weighted by Crippen LogP contribution is 2.46. The summed E-state index contributed by atoms with van der Waals surface area (Å²) in [7, 11) is 0. The van der Waals surface area contributed by atoms with Crippen LogP contribution in [0.2, 0.25) is 0 Å². The molecule has 0 saturated carbocycles. The molecule has 0 saturated heterocycles. The quantitative estimate of drug-likeness (QED) is 0.0118. The molecule has 0 fully saturated rings. The van der Waals surface area contributed by atoms with Crippen molar-refractivity contribution in [3.63, 3.8) is 0 Å². The SMILES string of the molecule is C.CC(=O)c1cc(C(C)=O)c2c(COC3C(=O)c4ccccc4C3=O)c(-c3ccccc3)[nH]c2c1.CC(=O)c1cc2c(c(C(C)=O)c1)C(C=O)=C(c1ccccc1)C2.CC(=O)c1cc2c(c(C(C)=O)c1)C(CCl)=C(c1ccccc1)C2.CC(=O)c1cc2c(c(C(C)=O)c1)C(CO)=C(c1ccccc1)C2.CC(=O)c1cc2c3c(c(-c4ccccc4)[nH]c3c1)CONC2=O.O=C1c2ccccc2C(=O)N1O. The first-order valence-corrected chi connectivity index (χ1v) is 44.8. The number of imide groups is 1. The second-order valence-corrected chi connectivity index (χ2v) is 34.0. The minimum atomic E-state index is -1.23. The lowest BCUT2D eigenvalue weighted by atomic mass is 9.93. The number of fused-ring (bicyclic) bond motifs is 6. The Morgan fingerprint density at radius 2 is 0.748 bits per heavy atom. The molecule has 4 aliphatic carbocycles. The Bertz CT molecular complexity index is 7370. The van der Waals surface area contributed by atoms with Crippen molar-refractivity contribution in [3.8, 4) is 22.5 Å². The molecule has 23 nitrogen and oxygen atoms in total. The maximum absolute atomic E-state index is 12.8. The number of ketones is 11. The number of hydroxylamine groups is 3. The maximum atomic E-state index is 12.8. The van der Waals surface area contributed by atoms with E-state index in [9.17, 15) is 77.0 Å². The number of ether oxygens (including phenoxy) is 1. The van der Waals surface area contributed by atoms with Gasteiger partial charge in [-0.3, -0.25) is 82.0 Å². The molecule has 24 heteroatoms.